The minimum atomic E-state index is -0.105. The molecule has 0 atom stereocenters. The maximum absolute atomic E-state index is 5.57. The zero-order chi connectivity index (χ0) is 42.1. The molecule has 63 heavy (non-hydrogen) atoms. The van der Waals surface area contributed by atoms with E-state index in [0.717, 1.165) is 67.4 Å². The summed E-state index contributed by atoms with van der Waals surface area (Å²) >= 11 is 0. The molecule has 298 valence electrons. The third-order valence-corrected chi connectivity index (χ3v) is 13.0. The smallest absolute Gasteiger partial charge is 0.0973 e. The Morgan fingerprint density at radius 1 is 0.397 bits per heavy atom. The molecule has 0 radical (unpaired) electrons. The van der Waals surface area contributed by atoms with Gasteiger partial charge in [0.15, 0.2) is 0 Å². The van der Waals surface area contributed by atoms with E-state index in [9.17, 15) is 0 Å². The Bertz CT molecular complexity index is 3520. The van der Waals surface area contributed by atoms with Gasteiger partial charge in [-0.2, -0.15) is 0 Å². The molecule has 1 aliphatic rings. The highest BCUT2D eigenvalue weighted by Crippen LogP contribution is 2.50. The van der Waals surface area contributed by atoms with Crippen LogP contribution < -0.4 is 4.90 Å². The molecule has 0 aliphatic heterocycles. The lowest BCUT2D eigenvalue weighted by atomic mass is 9.81. The van der Waals surface area contributed by atoms with Crippen LogP contribution in [0, 0.1) is 0 Å². The van der Waals surface area contributed by atoms with Crippen LogP contribution in [-0.2, 0) is 5.41 Å². The monoisotopic (exact) mass is 806 g/mol. The van der Waals surface area contributed by atoms with Gasteiger partial charge in [0.1, 0.15) is 0 Å². The Balaban J connectivity index is 0.993. The van der Waals surface area contributed by atoms with Crippen molar-refractivity contribution in [3.63, 3.8) is 0 Å². The second-order valence-corrected chi connectivity index (χ2v) is 17.0. The molecule has 0 spiro atoms. The summed E-state index contributed by atoms with van der Waals surface area (Å²) in [6, 6.07) is 78.2. The molecule has 2 heterocycles. The average Bonchev–Trinajstić information content (AvgIpc) is 3.79. The lowest BCUT2D eigenvalue weighted by molar-refractivity contribution is 0.660. The molecular formula is C59H42N4. The summed E-state index contributed by atoms with van der Waals surface area (Å²) in [5.41, 5.74) is 19.7. The molecule has 1 aliphatic carbocycles. The largest absolute Gasteiger partial charge is 0.310 e. The van der Waals surface area contributed by atoms with Crippen LogP contribution >= 0.6 is 0 Å². The fourth-order valence-corrected chi connectivity index (χ4v) is 9.93. The molecule has 0 saturated heterocycles. The van der Waals surface area contributed by atoms with Crippen molar-refractivity contribution in [3.8, 4) is 50.5 Å². The van der Waals surface area contributed by atoms with E-state index in [2.05, 4.69) is 236 Å². The van der Waals surface area contributed by atoms with Crippen LogP contribution in [-0.4, -0.2) is 14.5 Å². The van der Waals surface area contributed by atoms with Crippen LogP contribution in [0.4, 0.5) is 17.1 Å². The van der Waals surface area contributed by atoms with E-state index in [1.54, 1.807) is 0 Å². The van der Waals surface area contributed by atoms with Crippen molar-refractivity contribution in [2.45, 2.75) is 19.3 Å². The van der Waals surface area contributed by atoms with Gasteiger partial charge in [0.05, 0.1) is 33.5 Å². The summed E-state index contributed by atoms with van der Waals surface area (Å²) in [7, 11) is 0. The van der Waals surface area contributed by atoms with Gasteiger partial charge >= 0.3 is 0 Å². The number of aromatic nitrogens is 3. The summed E-state index contributed by atoms with van der Waals surface area (Å²) in [4.78, 5) is 13.3. The molecule has 0 saturated carbocycles. The average molecular weight is 807 g/mol. The van der Waals surface area contributed by atoms with Crippen LogP contribution in [0.5, 0.6) is 0 Å². The first-order valence-corrected chi connectivity index (χ1v) is 21.7. The molecule has 12 rings (SSSR count). The van der Waals surface area contributed by atoms with Gasteiger partial charge in [0.2, 0.25) is 0 Å². The van der Waals surface area contributed by atoms with Gasteiger partial charge in [-0.15, -0.1) is 0 Å². The van der Waals surface area contributed by atoms with Gasteiger partial charge in [0, 0.05) is 55.6 Å². The van der Waals surface area contributed by atoms with Crippen LogP contribution in [0.15, 0.2) is 218 Å². The second-order valence-electron chi connectivity index (χ2n) is 17.0. The molecule has 0 fully saturated rings. The molecule has 0 bridgehead atoms. The summed E-state index contributed by atoms with van der Waals surface area (Å²) in [6.07, 6.45) is 0. The molecule has 0 unspecified atom stereocenters. The summed E-state index contributed by atoms with van der Waals surface area (Å²) < 4.78 is 2.36. The van der Waals surface area contributed by atoms with Gasteiger partial charge in [-0.3, -0.25) is 0 Å². The number of hydrogen-bond donors (Lipinski definition) is 0. The first-order chi connectivity index (χ1) is 31.0. The Kier molecular flexibility index (Phi) is 8.48. The van der Waals surface area contributed by atoms with E-state index >= 15 is 0 Å². The standard InChI is InChI=1S/C59H42N4/c1-59(2)51-26-14-12-23-47(51)48-35-31-41(37-52(48)59)46-25-16-27-53-58(46)61-57(56(60-53)39-17-6-3-7-18-39)40-29-32-44(33-30-40)62(42-19-8-4-9-20-42)45-34-36-55-50(38-45)49-24-13-15-28-54(49)63(55)43-21-10-5-11-22-43/h3-38H,1-2H3. The lowest BCUT2D eigenvalue weighted by Gasteiger charge is -2.26. The van der Waals surface area contributed by atoms with Crippen molar-refractivity contribution in [2.24, 2.45) is 0 Å². The van der Waals surface area contributed by atoms with Crippen LogP contribution in [0.1, 0.15) is 25.0 Å². The minimum Gasteiger partial charge on any atom is -0.310 e. The molecule has 2 aromatic heterocycles. The van der Waals surface area contributed by atoms with Crippen molar-refractivity contribution in [3.05, 3.63) is 230 Å². The summed E-state index contributed by atoms with van der Waals surface area (Å²) in [5.74, 6) is 0. The molecular weight excluding hydrogens is 765 g/mol. The number of para-hydroxylation sites is 4. The third-order valence-electron chi connectivity index (χ3n) is 13.0. The number of nitrogens with zero attached hydrogens (tertiary/aromatic N) is 4. The highest BCUT2D eigenvalue weighted by Gasteiger charge is 2.35. The zero-order valence-electron chi connectivity index (χ0n) is 35.1. The molecule has 4 heteroatoms. The number of fused-ring (bicyclic) bond motifs is 7. The van der Waals surface area contributed by atoms with E-state index in [1.807, 2.05) is 6.07 Å². The Morgan fingerprint density at radius 3 is 1.79 bits per heavy atom. The fraction of sp³-hybridized carbons (Fsp3) is 0.0508. The van der Waals surface area contributed by atoms with E-state index < -0.39 is 0 Å². The molecule has 0 N–H and O–H groups in total. The zero-order valence-corrected chi connectivity index (χ0v) is 35.1. The van der Waals surface area contributed by atoms with Gasteiger partial charge in [-0.25, -0.2) is 9.97 Å². The molecule has 11 aromatic rings. The quantitative estimate of drug-likeness (QED) is 0.161. The second kappa shape index (κ2) is 14.5. The van der Waals surface area contributed by atoms with Gasteiger partial charge in [-0.1, -0.05) is 159 Å². The predicted octanol–water partition coefficient (Wildman–Crippen LogP) is 15.5. The lowest BCUT2D eigenvalue weighted by Crippen LogP contribution is -2.14. The Hall–Kier alpha value is -8.08. The normalized spacial score (nSPS) is 12.7. The van der Waals surface area contributed by atoms with E-state index in [4.69, 9.17) is 9.97 Å². The maximum atomic E-state index is 5.57. The topological polar surface area (TPSA) is 34.0 Å². The van der Waals surface area contributed by atoms with Crippen LogP contribution in [0.25, 0.3) is 83.3 Å². The number of benzene rings is 9. The van der Waals surface area contributed by atoms with E-state index in [-0.39, 0.29) is 5.41 Å². The molecule has 4 nitrogen and oxygen atoms in total. The first-order valence-electron chi connectivity index (χ1n) is 21.7. The molecule has 0 amide bonds. The van der Waals surface area contributed by atoms with Crippen molar-refractivity contribution in [2.75, 3.05) is 4.90 Å². The highest BCUT2D eigenvalue weighted by molar-refractivity contribution is 6.10. The minimum absolute atomic E-state index is 0.105. The van der Waals surface area contributed by atoms with Crippen molar-refractivity contribution in [1.29, 1.82) is 0 Å². The highest BCUT2D eigenvalue weighted by atomic mass is 15.1. The fourth-order valence-electron chi connectivity index (χ4n) is 9.93. The summed E-state index contributed by atoms with van der Waals surface area (Å²) in [5, 5.41) is 2.42. The SMILES string of the molecule is CC1(C)c2ccccc2-c2ccc(-c3cccc4nc(-c5ccccc5)c(-c5ccc(N(c6ccccc6)c6ccc7c(c6)c6ccccc6n7-c6ccccc6)cc5)nc34)cc21. The van der Waals surface area contributed by atoms with Crippen molar-refractivity contribution >= 4 is 49.9 Å². The summed E-state index contributed by atoms with van der Waals surface area (Å²) in [6.45, 7) is 4.67. The van der Waals surface area contributed by atoms with Crippen molar-refractivity contribution < 1.29 is 0 Å². The number of rotatable bonds is 7. The first kappa shape index (κ1) is 36.7. The van der Waals surface area contributed by atoms with Crippen LogP contribution in [0.2, 0.25) is 0 Å². The third kappa shape index (κ3) is 5.98. The maximum Gasteiger partial charge on any atom is 0.0973 e. The Morgan fingerprint density at radius 2 is 0.984 bits per heavy atom. The molecule has 9 aromatic carbocycles. The van der Waals surface area contributed by atoms with Crippen molar-refractivity contribution in [1.82, 2.24) is 14.5 Å². The van der Waals surface area contributed by atoms with E-state index in [1.165, 1.54) is 44.1 Å². The van der Waals surface area contributed by atoms with E-state index in [0.29, 0.717) is 0 Å². The number of anilines is 3. The predicted molar refractivity (Wildman–Crippen MR) is 262 cm³/mol. The van der Waals surface area contributed by atoms with Gasteiger partial charge < -0.3 is 9.47 Å². The van der Waals surface area contributed by atoms with Crippen LogP contribution in [0.3, 0.4) is 0 Å². The number of hydrogen-bond acceptors (Lipinski definition) is 3. The Labute approximate surface area is 367 Å². The van der Waals surface area contributed by atoms with Gasteiger partial charge in [-0.05, 0) is 101 Å². The van der Waals surface area contributed by atoms with Gasteiger partial charge in [0.25, 0.3) is 0 Å².